The Kier molecular flexibility index (Phi) is 4.76. The minimum Gasteiger partial charge on any atom is -0.306 e. The van der Waals surface area contributed by atoms with Crippen molar-refractivity contribution in [2.45, 2.75) is 26.8 Å². The molecule has 0 fully saturated rings. The maximum absolute atomic E-state index is 13.4. The van der Waals surface area contributed by atoms with E-state index in [4.69, 9.17) is 0 Å². The second-order valence-corrected chi connectivity index (χ2v) is 7.20. The van der Waals surface area contributed by atoms with E-state index in [1.807, 2.05) is 12.1 Å². The van der Waals surface area contributed by atoms with Gasteiger partial charge in [0.25, 0.3) is 0 Å². The van der Waals surface area contributed by atoms with Crippen LogP contribution in [0.3, 0.4) is 0 Å². The molecule has 1 heterocycles. The highest BCUT2D eigenvalue weighted by molar-refractivity contribution is 9.11. The first-order valence-electron chi connectivity index (χ1n) is 6.28. The minimum atomic E-state index is -0.151. The number of aryl methyl sites for hydroxylation is 2. The molecule has 2 rings (SSSR count). The molecular weight excluding hydrogens is 325 g/mol. The average molecular weight is 342 g/mol. The second-order valence-electron chi connectivity index (χ2n) is 4.56. The van der Waals surface area contributed by atoms with Gasteiger partial charge in [-0.15, -0.1) is 11.3 Å². The van der Waals surface area contributed by atoms with Crippen molar-refractivity contribution in [1.29, 1.82) is 0 Å². The molecule has 2 aromatic rings. The molecule has 1 N–H and O–H groups in total. The average Bonchev–Trinajstić information content (AvgIpc) is 2.69. The largest absolute Gasteiger partial charge is 0.306 e. The van der Waals surface area contributed by atoms with Crippen LogP contribution in [-0.2, 0) is 0 Å². The van der Waals surface area contributed by atoms with Crippen molar-refractivity contribution >= 4 is 27.3 Å². The minimum absolute atomic E-state index is 0.117. The van der Waals surface area contributed by atoms with E-state index < -0.39 is 0 Å². The Labute approximate surface area is 126 Å². The summed E-state index contributed by atoms with van der Waals surface area (Å²) in [6.07, 6.45) is 0. The number of thiophene rings is 1. The Hall–Kier alpha value is -0.710. The van der Waals surface area contributed by atoms with E-state index in [0.29, 0.717) is 5.56 Å². The van der Waals surface area contributed by atoms with E-state index in [0.717, 1.165) is 15.9 Å². The zero-order chi connectivity index (χ0) is 14.0. The van der Waals surface area contributed by atoms with Crippen LogP contribution in [-0.4, -0.2) is 6.54 Å². The van der Waals surface area contributed by atoms with Crippen LogP contribution in [0.15, 0.2) is 28.1 Å². The van der Waals surface area contributed by atoms with Crippen molar-refractivity contribution < 1.29 is 4.39 Å². The smallest absolute Gasteiger partial charge is 0.126 e. The first-order valence-corrected chi connectivity index (χ1v) is 7.89. The summed E-state index contributed by atoms with van der Waals surface area (Å²) in [5.74, 6) is -0.151. The van der Waals surface area contributed by atoms with Crippen molar-refractivity contribution in [2.24, 2.45) is 0 Å². The molecule has 0 saturated heterocycles. The van der Waals surface area contributed by atoms with E-state index >= 15 is 0 Å². The molecule has 19 heavy (non-hydrogen) atoms. The highest BCUT2D eigenvalue weighted by atomic mass is 79.9. The van der Waals surface area contributed by atoms with Gasteiger partial charge in [-0.25, -0.2) is 4.39 Å². The molecule has 0 radical (unpaired) electrons. The monoisotopic (exact) mass is 341 g/mol. The van der Waals surface area contributed by atoms with E-state index in [1.54, 1.807) is 24.3 Å². The molecule has 0 bridgehead atoms. The Bertz CT molecular complexity index is 580. The molecule has 1 aromatic carbocycles. The summed E-state index contributed by atoms with van der Waals surface area (Å²) in [5, 5.41) is 3.48. The molecule has 4 heteroatoms. The third kappa shape index (κ3) is 3.25. The van der Waals surface area contributed by atoms with Gasteiger partial charge in [0.2, 0.25) is 0 Å². The van der Waals surface area contributed by atoms with Crippen LogP contribution in [0.2, 0.25) is 0 Å². The Balaban J connectivity index is 2.44. The van der Waals surface area contributed by atoms with Gasteiger partial charge in [-0.3, -0.25) is 0 Å². The van der Waals surface area contributed by atoms with Crippen molar-refractivity contribution in [3.63, 3.8) is 0 Å². The Morgan fingerprint density at radius 2 is 2.05 bits per heavy atom. The van der Waals surface area contributed by atoms with Crippen LogP contribution < -0.4 is 5.32 Å². The van der Waals surface area contributed by atoms with Crippen molar-refractivity contribution in [1.82, 2.24) is 5.32 Å². The van der Waals surface area contributed by atoms with E-state index in [9.17, 15) is 4.39 Å². The lowest BCUT2D eigenvalue weighted by Crippen LogP contribution is -2.22. The summed E-state index contributed by atoms with van der Waals surface area (Å²) < 4.78 is 14.5. The summed E-state index contributed by atoms with van der Waals surface area (Å²) >= 11 is 5.26. The van der Waals surface area contributed by atoms with Gasteiger partial charge < -0.3 is 5.32 Å². The third-order valence-electron chi connectivity index (χ3n) is 3.16. The molecule has 0 amide bonds. The van der Waals surface area contributed by atoms with Gasteiger partial charge in [0, 0.05) is 4.88 Å². The zero-order valence-electron chi connectivity index (χ0n) is 11.3. The Morgan fingerprint density at radius 3 is 2.58 bits per heavy atom. The van der Waals surface area contributed by atoms with Gasteiger partial charge in [0.05, 0.1) is 9.83 Å². The number of nitrogens with one attached hydrogen (secondary N) is 1. The maximum atomic E-state index is 13.4. The molecule has 1 nitrogen and oxygen atoms in total. The molecule has 0 spiro atoms. The summed E-state index contributed by atoms with van der Waals surface area (Å²) in [6.45, 7) is 6.87. The van der Waals surface area contributed by atoms with Gasteiger partial charge in [-0.2, -0.15) is 0 Å². The molecule has 0 aliphatic carbocycles. The summed E-state index contributed by atoms with van der Waals surface area (Å²) in [5.41, 5.74) is 3.05. The molecule has 0 aliphatic heterocycles. The summed E-state index contributed by atoms with van der Waals surface area (Å²) in [4.78, 5) is 1.28. The van der Waals surface area contributed by atoms with Crippen LogP contribution in [0.1, 0.15) is 34.5 Å². The third-order valence-corrected chi connectivity index (χ3v) is 4.73. The molecule has 1 unspecified atom stereocenters. The number of hydrogen-bond donors (Lipinski definition) is 1. The second kappa shape index (κ2) is 6.16. The normalized spacial score (nSPS) is 12.7. The van der Waals surface area contributed by atoms with Crippen molar-refractivity contribution in [2.75, 3.05) is 6.54 Å². The van der Waals surface area contributed by atoms with Crippen molar-refractivity contribution in [3.8, 4) is 0 Å². The molecule has 1 atom stereocenters. The fourth-order valence-corrected chi connectivity index (χ4v) is 3.95. The number of halogens is 2. The van der Waals surface area contributed by atoms with Gasteiger partial charge in [-0.05, 0) is 65.1 Å². The first-order chi connectivity index (χ1) is 9.02. The predicted molar refractivity (Wildman–Crippen MR) is 83.4 cm³/mol. The lowest BCUT2D eigenvalue weighted by molar-refractivity contribution is 0.606. The Morgan fingerprint density at radius 1 is 1.32 bits per heavy atom. The van der Waals surface area contributed by atoms with Crippen LogP contribution in [0.5, 0.6) is 0 Å². The van der Waals surface area contributed by atoms with Gasteiger partial charge in [0.1, 0.15) is 5.82 Å². The number of hydrogen-bond acceptors (Lipinski definition) is 2. The van der Waals surface area contributed by atoms with Crippen LogP contribution in [0, 0.1) is 19.7 Å². The SMILES string of the molecule is CCNC(c1ccc(F)c(C)c1)c1cc(Br)sc1C. The number of rotatable bonds is 4. The lowest BCUT2D eigenvalue weighted by Gasteiger charge is -2.19. The molecule has 102 valence electrons. The first kappa shape index (κ1) is 14.7. The topological polar surface area (TPSA) is 12.0 Å². The summed E-state index contributed by atoms with van der Waals surface area (Å²) in [7, 11) is 0. The fourth-order valence-electron chi connectivity index (χ4n) is 2.20. The summed E-state index contributed by atoms with van der Waals surface area (Å²) in [6, 6.07) is 7.60. The van der Waals surface area contributed by atoms with Crippen LogP contribution >= 0.6 is 27.3 Å². The quantitative estimate of drug-likeness (QED) is 0.828. The standard InChI is InChI=1S/C15H17BrFNS/c1-4-18-15(12-8-14(16)19-10(12)3)11-5-6-13(17)9(2)7-11/h5-8,15,18H,4H2,1-3H3. The van der Waals surface area contributed by atoms with Gasteiger partial charge in [-0.1, -0.05) is 19.1 Å². The van der Waals surface area contributed by atoms with Gasteiger partial charge >= 0.3 is 0 Å². The lowest BCUT2D eigenvalue weighted by atomic mass is 9.97. The van der Waals surface area contributed by atoms with Crippen LogP contribution in [0.4, 0.5) is 4.39 Å². The fraction of sp³-hybridized carbons (Fsp3) is 0.333. The van der Waals surface area contributed by atoms with Crippen LogP contribution in [0.25, 0.3) is 0 Å². The predicted octanol–water partition coefficient (Wildman–Crippen LogP) is 4.97. The van der Waals surface area contributed by atoms with Gasteiger partial charge in [0.15, 0.2) is 0 Å². The maximum Gasteiger partial charge on any atom is 0.126 e. The van der Waals surface area contributed by atoms with E-state index in [-0.39, 0.29) is 11.9 Å². The van der Waals surface area contributed by atoms with Crippen molar-refractivity contribution in [3.05, 3.63) is 55.4 Å². The molecule has 0 saturated carbocycles. The number of benzene rings is 1. The molecule has 1 aromatic heterocycles. The van der Waals surface area contributed by atoms with E-state index in [2.05, 4.69) is 41.2 Å². The molecule has 0 aliphatic rings. The highest BCUT2D eigenvalue weighted by Crippen LogP contribution is 2.34. The highest BCUT2D eigenvalue weighted by Gasteiger charge is 2.18. The molecular formula is C15H17BrFNS. The zero-order valence-corrected chi connectivity index (χ0v) is 13.7. The van der Waals surface area contributed by atoms with E-state index in [1.165, 1.54) is 10.4 Å².